The van der Waals surface area contributed by atoms with Crippen molar-refractivity contribution in [3.63, 3.8) is 0 Å². The number of hydrogen-bond acceptors (Lipinski definition) is 3. The molecule has 0 atom stereocenters. The average molecular weight is 392 g/mol. The van der Waals surface area contributed by atoms with E-state index in [1.54, 1.807) is 0 Å². The summed E-state index contributed by atoms with van der Waals surface area (Å²) < 4.78 is 1.40. The molecule has 3 rings (SSSR count). The summed E-state index contributed by atoms with van der Waals surface area (Å²) in [5, 5.41) is 23.6. The lowest BCUT2D eigenvalue weighted by Crippen LogP contribution is -2.12. The average Bonchev–Trinajstić information content (AvgIpc) is 2.96. The van der Waals surface area contributed by atoms with Gasteiger partial charge in [0.15, 0.2) is 0 Å². The number of aromatic nitrogens is 1. The maximum Gasteiger partial charge on any atom is 0.264 e. The Morgan fingerprint density at radius 3 is 2.07 bits per heavy atom. The highest BCUT2D eigenvalue weighted by atomic mass is 16.3. The molecule has 0 aliphatic carbocycles. The number of carbonyl (C=O) groups excluding carboxylic acids is 1. The standard InChI is InChI=1S/C24H28N2O3/c1-15(2)16-6-10-18(11-7-16)25-22(28)21-20(27)14-26(23(21)29)19-12-8-17(9-13-19)24(3,4)5/h6-15,27,29H,1-5H3,(H,25,28). The van der Waals surface area contributed by atoms with Gasteiger partial charge in [0, 0.05) is 11.4 Å². The number of aromatic hydroxyl groups is 2. The first-order chi connectivity index (χ1) is 13.6. The maximum atomic E-state index is 12.7. The summed E-state index contributed by atoms with van der Waals surface area (Å²) in [6.07, 6.45) is 1.35. The van der Waals surface area contributed by atoms with Crippen LogP contribution in [0.3, 0.4) is 0 Å². The third-order valence-corrected chi connectivity index (χ3v) is 5.03. The zero-order valence-corrected chi connectivity index (χ0v) is 17.5. The maximum absolute atomic E-state index is 12.7. The molecule has 29 heavy (non-hydrogen) atoms. The smallest absolute Gasteiger partial charge is 0.264 e. The Balaban J connectivity index is 1.86. The monoisotopic (exact) mass is 392 g/mol. The van der Waals surface area contributed by atoms with Gasteiger partial charge in [-0.25, -0.2) is 0 Å². The zero-order chi connectivity index (χ0) is 21.3. The van der Waals surface area contributed by atoms with Crippen molar-refractivity contribution in [2.45, 2.75) is 46.0 Å². The van der Waals surface area contributed by atoms with Crippen molar-refractivity contribution < 1.29 is 15.0 Å². The van der Waals surface area contributed by atoms with Gasteiger partial charge in [-0.3, -0.25) is 9.36 Å². The first kappa shape index (κ1) is 20.5. The number of rotatable bonds is 4. The lowest BCUT2D eigenvalue weighted by Gasteiger charge is -2.19. The fourth-order valence-electron chi connectivity index (χ4n) is 3.16. The molecule has 1 amide bonds. The molecule has 0 saturated heterocycles. The Bertz CT molecular complexity index is 1010. The van der Waals surface area contributed by atoms with E-state index in [-0.39, 0.29) is 22.6 Å². The third kappa shape index (κ3) is 4.29. The van der Waals surface area contributed by atoms with Gasteiger partial charge in [-0.15, -0.1) is 0 Å². The lowest BCUT2D eigenvalue weighted by atomic mass is 9.87. The van der Waals surface area contributed by atoms with Gasteiger partial charge in [0.1, 0.15) is 11.3 Å². The van der Waals surface area contributed by atoms with E-state index in [2.05, 4.69) is 39.9 Å². The second kappa shape index (κ2) is 7.66. The largest absolute Gasteiger partial charge is 0.505 e. The SMILES string of the molecule is CC(C)c1ccc(NC(=O)c2c(O)cn(-c3ccc(C(C)(C)C)cc3)c2O)cc1. The summed E-state index contributed by atoms with van der Waals surface area (Å²) in [5.41, 5.74) is 3.43. The Labute approximate surface area is 171 Å². The first-order valence-corrected chi connectivity index (χ1v) is 9.73. The molecule has 0 radical (unpaired) electrons. The zero-order valence-electron chi connectivity index (χ0n) is 17.5. The first-order valence-electron chi connectivity index (χ1n) is 9.73. The van der Waals surface area contributed by atoms with Crippen LogP contribution in [0.1, 0.15) is 62.0 Å². The van der Waals surface area contributed by atoms with Crippen molar-refractivity contribution in [1.29, 1.82) is 0 Å². The molecule has 0 saturated carbocycles. The topological polar surface area (TPSA) is 74.5 Å². The van der Waals surface area contributed by atoms with Gasteiger partial charge >= 0.3 is 0 Å². The number of carbonyl (C=O) groups is 1. The van der Waals surface area contributed by atoms with E-state index >= 15 is 0 Å². The number of hydrogen-bond donors (Lipinski definition) is 3. The van der Waals surface area contributed by atoms with Crippen LogP contribution in [0.4, 0.5) is 5.69 Å². The molecule has 3 aromatic rings. The van der Waals surface area contributed by atoms with Crippen LogP contribution in [0.5, 0.6) is 11.6 Å². The minimum absolute atomic E-state index is 0.00949. The van der Waals surface area contributed by atoms with Gasteiger partial charge < -0.3 is 15.5 Å². The number of anilines is 1. The Morgan fingerprint density at radius 1 is 0.966 bits per heavy atom. The Kier molecular flexibility index (Phi) is 5.42. The predicted molar refractivity (Wildman–Crippen MR) is 116 cm³/mol. The van der Waals surface area contributed by atoms with E-state index in [1.807, 2.05) is 48.5 Å². The van der Waals surface area contributed by atoms with Crippen LogP contribution < -0.4 is 5.32 Å². The number of nitrogens with one attached hydrogen (secondary N) is 1. The van der Waals surface area contributed by atoms with Crippen LogP contribution in [0, 0.1) is 0 Å². The van der Waals surface area contributed by atoms with Crippen LogP contribution in [0.2, 0.25) is 0 Å². The van der Waals surface area contributed by atoms with Crippen molar-refractivity contribution >= 4 is 11.6 Å². The summed E-state index contributed by atoms with van der Waals surface area (Å²) >= 11 is 0. The summed E-state index contributed by atoms with van der Waals surface area (Å²) in [7, 11) is 0. The highest BCUT2D eigenvalue weighted by Crippen LogP contribution is 2.34. The molecular weight excluding hydrogens is 364 g/mol. The normalized spacial score (nSPS) is 11.7. The fraction of sp³-hybridized carbons (Fsp3) is 0.292. The highest BCUT2D eigenvalue weighted by Gasteiger charge is 2.23. The fourth-order valence-corrected chi connectivity index (χ4v) is 3.16. The van der Waals surface area contributed by atoms with Gasteiger partial charge in [-0.1, -0.05) is 58.9 Å². The third-order valence-electron chi connectivity index (χ3n) is 5.03. The van der Waals surface area contributed by atoms with E-state index in [0.717, 1.165) is 5.56 Å². The molecule has 0 aliphatic rings. The Hall–Kier alpha value is -3.21. The lowest BCUT2D eigenvalue weighted by molar-refractivity contribution is 0.102. The minimum Gasteiger partial charge on any atom is -0.505 e. The van der Waals surface area contributed by atoms with Gasteiger partial charge in [-0.2, -0.15) is 0 Å². The highest BCUT2D eigenvalue weighted by molar-refractivity contribution is 6.08. The molecule has 0 fully saturated rings. The van der Waals surface area contributed by atoms with Crippen LogP contribution in [0.15, 0.2) is 54.7 Å². The summed E-state index contributed by atoms with van der Waals surface area (Å²) in [5.74, 6) is -0.755. The Morgan fingerprint density at radius 2 is 1.55 bits per heavy atom. The molecule has 1 heterocycles. The van der Waals surface area contributed by atoms with Gasteiger partial charge in [0.05, 0.1) is 6.20 Å². The van der Waals surface area contributed by atoms with Gasteiger partial charge in [0.2, 0.25) is 5.88 Å². The molecule has 0 spiro atoms. The van der Waals surface area contributed by atoms with Crippen molar-refractivity contribution in [3.05, 3.63) is 71.4 Å². The van der Waals surface area contributed by atoms with Crippen LogP contribution >= 0.6 is 0 Å². The molecule has 152 valence electrons. The van der Waals surface area contributed by atoms with Crippen molar-refractivity contribution in [2.24, 2.45) is 0 Å². The van der Waals surface area contributed by atoms with E-state index in [0.29, 0.717) is 17.3 Å². The second-order valence-corrected chi connectivity index (χ2v) is 8.61. The molecule has 3 N–H and O–H groups in total. The summed E-state index contributed by atoms with van der Waals surface area (Å²) in [6.45, 7) is 10.6. The van der Waals surface area contributed by atoms with E-state index in [9.17, 15) is 15.0 Å². The van der Waals surface area contributed by atoms with Crippen molar-refractivity contribution in [1.82, 2.24) is 4.57 Å². The van der Waals surface area contributed by atoms with Crippen molar-refractivity contribution in [3.8, 4) is 17.3 Å². The van der Waals surface area contributed by atoms with Crippen LogP contribution in [-0.4, -0.2) is 20.7 Å². The van der Waals surface area contributed by atoms with E-state index in [1.165, 1.54) is 16.3 Å². The van der Waals surface area contributed by atoms with Crippen LogP contribution in [-0.2, 0) is 5.41 Å². The molecule has 0 bridgehead atoms. The number of amides is 1. The number of nitrogens with zero attached hydrogens (tertiary/aromatic N) is 1. The summed E-state index contributed by atoms with van der Waals surface area (Å²) in [6, 6.07) is 15.2. The molecule has 5 heteroatoms. The summed E-state index contributed by atoms with van der Waals surface area (Å²) in [4.78, 5) is 12.7. The minimum atomic E-state index is -0.567. The molecule has 0 aliphatic heterocycles. The quantitative estimate of drug-likeness (QED) is 0.544. The van der Waals surface area contributed by atoms with Crippen LogP contribution in [0.25, 0.3) is 5.69 Å². The van der Waals surface area contributed by atoms with Gasteiger partial charge in [-0.05, 0) is 46.7 Å². The molecule has 0 unspecified atom stereocenters. The molecular formula is C24H28N2O3. The van der Waals surface area contributed by atoms with Crippen molar-refractivity contribution in [2.75, 3.05) is 5.32 Å². The molecule has 5 nitrogen and oxygen atoms in total. The molecule has 2 aromatic carbocycles. The molecule has 1 aromatic heterocycles. The van der Waals surface area contributed by atoms with Gasteiger partial charge in [0.25, 0.3) is 5.91 Å². The number of benzene rings is 2. The van der Waals surface area contributed by atoms with E-state index in [4.69, 9.17) is 0 Å². The second-order valence-electron chi connectivity index (χ2n) is 8.61. The predicted octanol–water partition coefficient (Wildman–Crippen LogP) is 5.56. The van der Waals surface area contributed by atoms with E-state index < -0.39 is 5.91 Å².